The minimum absolute atomic E-state index is 0.196. The molecule has 0 amide bonds. The van der Waals surface area contributed by atoms with Crippen molar-refractivity contribution in [1.29, 1.82) is 0 Å². The predicted molar refractivity (Wildman–Crippen MR) is 131 cm³/mol. The number of fused-ring (bicyclic) bond motifs is 1. The fourth-order valence-electron chi connectivity index (χ4n) is 4.19. The van der Waals surface area contributed by atoms with E-state index >= 15 is 0 Å². The third-order valence-corrected chi connectivity index (χ3v) is 5.79. The fraction of sp³-hybridized carbons (Fsp3) is 0.143. The van der Waals surface area contributed by atoms with Gasteiger partial charge in [-0.25, -0.2) is 4.79 Å². The maximum atomic E-state index is 13.5. The van der Waals surface area contributed by atoms with Crippen LogP contribution in [-0.2, 0) is 13.1 Å². The molecule has 3 aromatic carbocycles. The molecule has 2 aromatic heterocycles. The van der Waals surface area contributed by atoms with E-state index in [0.29, 0.717) is 23.5 Å². The zero-order valence-electron chi connectivity index (χ0n) is 18.6. The van der Waals surface area contributed by atoms with Gasteiger partial charge in [0, 0.05) is 11.6 Å². The van der Waals surface area contributed by atoms with Gasteiger partial charge in [0.2, 0.25) is 0 Å². The molecule has 5 aromatic rings. The largest absolute Gasteiger partial charge is 0.456 e. The van der Waals surface area contributed by atoms with Crippen LogP contribution in [0, 0.1) is 13.8 Å². The number of hydrogen-bond donors (Lipinski definition) is 0. The van der Waals surface area contributed by atoms with E-state index in [1.807, 2.05) is 92.7 Å². The molecule has 0 radical (unpaired) electrons. The van der Waals surface area contributed by atoms with Crippen molar-refractivity contribution in [3.05, 3.63) is 128 Å². The molecule has 0 saturated carbocycles. The smallest absolute Gasteiger partial charge is 0.331 e. The SMILES string of the molecule is Cc1cccc(Cn2cc(-c3cc4ccccc4o3)c(=O)n(Cc3cccc(C)c3)c2=O)c1. The summed E-state index contributed by atoms with van der Waals surface area (Å²) in [6.07, 6.45) is 1.62. The second kappa shape index (κ2) is 8.43. The lowest BCUT2D eigenvalue weighted by Crippen LogP contribution is -2.40. The molecular formula is C28H24N2O3. The summed E-state index contributed by atoms with van der Waals surface area (Å²) < 4.78 is 8.89. The maximum Gasteiger partial charge on any atom is 0.331 e. The van der Waals surface area contributed by atoms with E-state index in [-0.39, 0.29) is 17.8 Å². The molecule has 0 atom stereocenters. The summed E-state index contributed by atoms with van der Waals surface area (Å²) in [5.41, 5.74) is 4.45. The summed E-state index contributed by atoms with van der Waals surface area (Å²) in [7, 11) is 0. The Kier molecular flexibility index (Phi) is 5.31. The van der Waals surface area contributed by atoms with Crippen molar-refractivity contribution < 1.29 is 4.42 Å². The monoisotopic (exact) mass is 436 g/mol. The van der Waals surface area contributed by atoms with Crippen molar-refractivity contribution in [1.82, 2.24) is 9.13 Å². The molecule has 0 aliphatic heterocycles. The normalized spacial score (nSPS) is 11.2. The van der Waals surface area contributed by atoms with E-state index in [1.54, 1.807) is 10.8 Å². The highest BCUT2D eigenvalue weighted by molar-refractivity contribution is 5.82. The Morgan fingerprint density at radius 2 is 1.42 bits per heavy atom. The first kappa shape index (κ1) is 20.8. The van der Waals surface area contributed by atoms with Gasteiger partial charge in [-0.15, -0.1) is 0 Å². The van der Waals surface area contributed by atoms with Gasteiger partial charge in [0.15, 0.2) is 0 Å². The van der Waals surface area contributed by atoms with Crippen LogP contribution in [0.1, 0.15) is 22.3 Å². The number of para-hydroxylation sites is 1. The third kappa shape index (κ3) is 4.17. The van der Waals surface area contributed by atoms with Crippen molar-refractivity contribution >= 4 is 11.0 Å². The third-order valence-electron chi connectivity index (χ3n) is 5.79. The Balaban J connectivity index is 1.69. The van der Waals surface area contributed by atoms with Crippen molar-refractivity contribution in [3.63, 3.8) is 0 Å². The number of hydrogen-bond acceptors (Lipinski definition) is 3. The quantitative estimate of drug-likeness (QED) is 0.383. The number of furan rings is 1. The van der Waals surface area contributed by atoms with Gasteiger partial charge < -0.3 is 4.42 Å². The van der Waals surface area contributed by atoms with Crippen LogP contribution in [0.15, 0.2) is 99.1 Å². The van der Waals surface area contributed by atoms with Gasteiger partial charge >= 0.3 is 5.69 Å². The first-order valence-electron chi connectivity index (χ1n) is 10.9. The van der Waals surface area contributed by atoms with E-state index in [1.165, 1.54) is 4.57 Å². The van der Waals surface area contributed by atoms with E-state index < -0.39 is 0 Å². The highest BCUT2D eigenvalue weighted by Gasteiger charge is 2.17. The van der Waals surface area contributed by atoms with Crippen LogP contribution in [0.3, 0.4) is 0 Å². The highest BCUT2D eigenvalue weighted by atomic mass is 16.3. The average molecular weight is 437 g/mol. The molecule has 5 heteroatoms. The first-order chi connectivity index (χ1) is 16.0. The summed E-state index contributed by atoms with van der Waals surface area (Å²) in [4.78, 5) is 26.9. The Hall–Kier alpha value is -4.12. The lowest BCUT2D eigenvalue weighted by atomic mass is 10.1. The molecule has 0 saturated heterocycles. The van der Waals surface area contributed by atoms with Crippen LogP contribution in [0.2, 0.25) is 0 Å². The lowest BCUT2D eigenvalue weighted by molar-refractivity contribution is 0.596. The van der Waals surface area contributed by atoms with E-state index in [2.05, 4.69) is 0 Å². The van der Waals surface area contributed by atoms with Crippen LogP contribution < -0.4 is 11.2 Å². The van der Waals surface area contributed by atoms with Gasteiger partial charge in [0.25, 0.3) is 5.56 Å². The van der Waals surface area contributed by atoms with Crippen LogP contribution in [0.25, 0.3) is 22.3 Å². The highest BCUT2D eigenvalue weighted by Crippen LogP contribution is 2.25. The topological polar surface area (TPSA) is 57.1 Å². The molecule has 0 spiro atoms. The molecule has 0 aliphatic carbocycles. The van der Waals surface area contributed by atoms with Crippen molar-refractivity contribution in [2.75, 3.05) is 0 Å². The van der Waals surface area contributed by atoms with Gasteiger partial charge in [-0.05, 0) is 37.1 Å². The second-order valence-corrected chi connectivity index (χ2v) is 8.47. The van der Waals surface area contributed by atoms with Gasteiger partial charge in [0.05, 0.1) is 18.7 Å². The molecule has 5 nitrogen and oxygen atoms in total. The Morgan fingerprint density at radius 3 is 2.09 bits per heavy atom. The van der Waals surface area contributed by atoms with Crippen LogP contribution in [0.4, 0.5) is 0 Å². The van der Waals surface area contributed by atoms with Crippen LogP contribution in [0.5, 0.6) is 0 Å². The average Bonchev–Trinajstić information content (AvgIpc) is 3.22. The molecule has 0 fully saturated rings. The molecule has 0 unspecified atom stereocenters. The van der Waals surface area contributed by atoms with E-state index in [0.717, 1.165) is 27.6 Å². The van der Waals surface area contributed by atoms with E-state index in [4.69, 9.17) is 4.42 Å². The summed E-state index contributed by atoms with van der Waals surface area (Å²) >= 11 is 0. The van der Waals surface area contributed by atoms with Gasteiger partial charge in [-0.3, -0.25) is 13.9 Å². The Bertz CT molecular complexity index is 1550. The maximum absolute atomic E-state index is 13.5. The summed E-state index contributed by atoms with van der Waals surface area (Å²) in [6.45, 7) is 4.57. The van der Waals surface area contributed by atoms with Crippen LogP contribution >= 0.6 is 0 Å². The number of aryl methyl sites for hydroxylation is 2. The molecule has 0 N–H and O–H groups in total. The molecule has 2 heterocycles. The van der Waals surface area contributed by atoms with Crippen LogP contribution in [-0.4, -0.2) is 9.13 Å². The minimum atomic E-state index is -0.360. The molecule has 0 aliphatic rings. The molecule has 5 rings (SSSR count). The Labute approximate surface area is 191 Å². The van der Waals surface area contributed by atoms with E-state index in [9.17, 15) is 9.59 Å². The number of aromatic nitrogens is 2. The van der Waals surface area contributed by atoms with Crippen molar-refractivity contribution in [3.8, 4) is 11.3 Å². The summed E-state index contributed by atoms with van der Waals surface area (Å²) in [5.74, 6) is 0.456. The Morgan fingerprint density at radius 1 is 0.758 bits per heavy atom. The number of nitrogens with zero attached hydrogens (tertiary/aromatic N) is 2. The van der Waals surface area contributed by atoms with Gasteiger partial charge in [0.1, 0.15) is 11.3 Å². The number of rotatable bonds is 5. The standard InChI is InChI=1S/C28H24N2O3/c1-19-7-5-9-21(13-19)16-29-18-24(26-15-23-11-3-4-12-25(23)33-26)27(31)30(28(29)32)17-22-10-6-8-20(2)14-22/h3-15,18H,16-17H2,1-2H3. The lowest BCUT2D eigenvalue weighted by Gasteiger charge is -2.13. The molecule has 164 valence electrons. The number of benzene rings is 3. The zero-order valence-corrected chi connectivity index (χ0v) is 18.6. The fourth-order valence-corrected chi connectivity index (χ4v) is 4.19. The minimum Gasteiger partial charge on any atom is -0.456 e. The van der Waals surface area contributed by atoms with Crippen molar-refractivity contribution in [2.24, 2.45) is 0 Å². The first-order valence-corrected chi connectivity index (χ1v) is 10.9. The molecular weight excluding hydrogens is 412 g/mol. The zero-order chi connectivity index (χ0) is 22.9. The summed E-state index contributed by atoms with van der Waals surface area (Å²) in [6, 6.07) is 25.3. The second-order valence-electron chi connectivity index (χ2n) is 8.47. The van der Waals surface area contributed by atoms with Gasteiger partial charge in [-0.2, -0.15) is 0 Å². The summed E-state index contributed by atoms with van der Waals surface area (Å²) in [5, 5.41) is 0.911. The van der Waals surface area contributed by atoms with Gasteiger partial charge in [-0.1, -0.05) is 77.9 Å². The van der Waals surface area contributed by atoms with Crippen molar-refractivity contribution in [2.45, 2.75) is 26.9 Å². The predicted octanol–water partition coefficient (Wildman–Crippen LogP) is 5.14. The molecule has 0 bridgehead atoms. The molecule has 33 heavy (non-hydrogen) atoms.